The van der Waals surface area contributed by atoms with Crippen molar-refractivity contribution in [1.29, 1.82) is 0 Å². The molecular weight excluding hydrogens is 383 g/mol. The zero-order valence-corrected chi connectivity index (χ0v) is 16.3. The highest BCUT2D eigenvalue weighted by atomic mass is 35.5. The summed E-state index contributed by atoms with van der Waals surface area (Å²) in [6, 6.07) is 14.3. The molecule has 4 nitrogen and oxygen atoms in total. The van der Waals surface area contributed by atoms with E-state index in [-0.39, 0.29) is 17.9 Å². The van der Waals surface area contributed by atoms with Crippen LogP contribution in [-0.4, -0.2) is 24.4 Å². The molecule has 2 aromatic carbocycles. The SMILES string of the molecule is C[C@@H](CNC(=O)/C=C/c1ccccc1Cl)NC(=O)/C=C/c1ccccc1Cl. The molecule has 0 bridgehead atoms. The third-order valence-electron chi connectivity index (χ3n) is 3.61. The molecule has 2 N–H and O–H groups in total. The molecule has 0 unspecified atom stereocenters. The summed E-state index contributed by atoms with van der Waals surface area (Å²) in [6.07, 6.45) is 6.12. The number of nitrogens with one attached hydrogen (secondary N) is 2. The van der Waals surface area contributed by atoms with Crippen molar-refractivity contribution >= 4 is 47.2 Å². The summed E-state index contributed by atoms with van der Waals surface area (Å²) in [7, 11) is 0. The van der Waals surface area contributed by atoms with Crippen molar-refractivity contribution in [2.24, 2.45) is 0 Å². The van der Waals surface area contributed by atoms with E-state index in [2.05, 4.69) is 10.6 Å². The first-order chi connectivity index (χ1) is 13.0. The van der Waals surface area contributed by atoms with Crippen LogP contribution in [0.3, 0.4) is 0 Å². The van der Waals surface area contributed by atoms with E-state index in [1.54, 1.807) is 31.2 Å². The van der Waals surface area contributed by atoms with Crippen LogP contribution in [0, 0.1) is 0 Å². The first-order valence-corrected chi connectivity index (χ1v) is 9.15. The van der Waals surface area contributed by atoms with E-state index in [1.807, 2.05) is 36.4 Å². The Morgan fingerprint density at radius 2 is 1.37 bits per heavy atom. The van der Waals surface area contributed by atoms with Gasteiger partial charge in [-0.15, -0.1) is 0 Å². The average molecular weight is 403 g/mol. The first kappa shape index (κ1) is 20.7. The highest BCUT2D eigenvalue weighted by Gasteiger charge is 2.06. The maximum atomic E-state index is 11.9. The fourth-order valence-corrected chi connectivity index (χ4v) is 2.60. The molecular formula is C21H20Cl2N2O2. The summed E-state index contributed by atoms with van der Waals surface area (Å²) < 4.78 is 0. The second kappa shape index (κ2) is 10.6. The van der Waals surface area contributed by atoms with E-state index in [4.69, 9.17) is 23.2 Å². The summed E-state index contributed by atoms with van der Waals surface area (Å²) in [6.45, 7) is 2.11. The van der Waals surface area contributed by atoms with Gasteiger partial charge in [-0.2, -0.15) is 0 Å². The van der Waals surface area contributed by atoms with Crippen molar-refractivity contribution < 1.29 is 9.59 Å². The van der Waals surface area contributed by atoms with Crippen LogP contribution in [0.4, 0.5) is 0 Å². The van der Waals surface area contributed by atoms with E-state index >= 15 is 0 Å². The van der Waals surface area contributed by atoms with Gasteiger partial charge in [0.25, 0.3) is 0 Å². The molecule has 0 spiro atoms. The summed E-state index contributed by atoms with van der Waals surface area (Å²) in [5.74, 6) is -0.522. The van der Waals surface area contributed by atoms with Gasteiger partial charge in [0.05, 0.1) is 0 Å². The van der Waals surface area contributed by atoms with E-state index in [0.29, 0.717) is 16.6 Å². The van der Waals surface area contributed by atoms with Gasteiger partial charge in [0.15, 0.2) is 0 Å². The molecule has 0 fully saturated rings. The standard InChI is InChI=1S/C21H20Cl2N2O2/c1-15(25-21(27)13-11-17-7-3-5-9-19(17)23)14-24-20(26)12-10-16-6-2-4-8-18(16)22/h2-13,15H,14H2,1H3,(H,24,26)(H,25,27)/b12-10+,13-11+/t15-/m0/s1. The third kappa shape index (κ3) is 7.29. The van der Waals surface area contributed by atoms with Gasteiger partial charge in [0.1, 0.15) is 0 Å². The molecule has 2 aromatic rings. The molecule has 0 heterocycles. The van der Waals surface area contributed by atoms with Crippen molar-refractivity contribution in [3.63, 3.8) is 0 Å². The Labute approximate surface area is 168 Å². The summed E-state index contributed by atoms with van der Waals surface area (Å²) in [5.41, 5.74) is 1.53. The van der Waals surface area contributed by atoms with Crippen LogP contribution >= 0.6 is 23.2 Å². The summed E-state index contributed by atoms with van der Waals surface area (Å²) >= 11 is 12.1. The van der Waals surface area contributed by atoms with E-state index in [0.717, 1.165) is 11.1 Å². The molecule has 0 aliphatic carbocycles. The first-order valence-electron chi connectivity index (χ1n) is 8.39. The molecule has 6 heteroatoms. The van der Waals surface area contributed by atoms with Gasteiger partial charge < -0.3 is 10.6 Å². The van der Waals surface area contributed by atoms with E-state index in [1.165, 1.54) is 12.2 Å². The zero-order valence-electron chi connectivity index (χ0n) is 14.8. The molecule has 0 saturated carbocycles. The smallest absolute Gasteiger partial charge is 0.244 e. The predicted octanol–water partition coefficient (Wildman–Crippen LogP) is 4.34. The lowest BCUT2D eigenvalue weighted by Crippen LogP contribution is -2.40. The zero-order chi connectivity index (χ0) is 19.6. The lowest BCUT2D eigenvalue weighted by atomic mass is 10.2. The van der Waals surface area contributed by atoms with Gasteiger partial charge in [-0.05, 0) is 42.3 Å². The molecule has 140 valence electrons. The average Bonchev–Trinajstić information content (AvgIpc) is 2.65. The van der Waals surface area contributed by atoms with Crippen molar-refractivity contribution in [3.8, 4) is 0 Å². The lowest BCUT2D eigenvalue weighted by molar-refractivity contribution is -0.118. The second-order valence-electron chi connectivity index (χ2n) is 5.86. The molecule has 0 aromatic heterocycles. The number of benzene rings is 2. The molecule has 0 saturated heterocycles. The topological polar surface area (TPSA) is 58.2 Å². The fraction of sp³-hybridized carbons (Fsp3) is 0.143. The fourth-order valence-electron chi connectivity index (χ4n) is 2.21. The van der Waals surface area contributed by atoms with Crippen molar-refractivity contribution in [3.05, 3.63) is 81.9 Å². The number of rotatable bonds is 7. The van der Waals surface area contributed by atoms with Crippen LogP contribution in [0.25, 0.3) is 12.2 Å². The Kier molecular flexibility index (Phi) is 8.11. The monoisotopic (exact) mass is 402 g/mol. The highest BCUT2D eigenvalue weighted by Crippen LogP contribution is 2.16. The second-order valence-corrected chi connectivity index (χ2v) is 6.68. The van der Waals surface area contributed by atoms with Crippen LogP contribution in [-0.2, 0) is 9.59 Å². The van der Waals surface area contributed by atoms with Crippen LogP contribution in [0.5, 0.6) is 0 Å². The van der Waals surface area contributed by atoms with E-state index in [9.17, 15) is 9.59 Å². The van der Waals surface area contributed by atoms with Gasteiger partial charge in [-0.3, -0.25) is 9.59 Å². The number of carbonyl (C=O) groups excluding carboxylic acids is 2. The largest absolute Gasteiger partial charge is 0.351 e. The number of amides is 2. The van der Waals surface area contributed by atoms with Gasteiger partial charge in [-0.25, -0.2) is 0 Å². The Morgan fingerprint density at radius 1 is 0.889 bits per heavy atom. The minimum Gasteiger partial charge on any atom is -0.351 e. The van der Waals surface area contributed by atoms with Gasteiger partial charge >= 0.3 is 0 Å². The molecule has 0 aliphatic heterocycles. The molecule has 2 amide bonds. The Balaban J connectivity index is 1.77. The van der Waals surface area contributed by atoms with Gasteiger partial charge in [0.2, 0.25) is 11.8 Å². The van der Waals surface area contributed by atoms with Crippen molar-refractivity contribution in [2.75, 3.05) is 6.54 Å². The quantitative estimate of drug-likeness (QED) is 0.676. The van der Waals surface area contributed by atoms with Gasteiger partial charge in [-0.1, -0.05) is 59.6 Å². The minimum atomic E-state index is -0.261. The van der Waals surface area contributed by atoms with Crippen molar-refractivity contribution in [2.45, 2.75) is 13.0 Å². The molecule has 27 heavy (non-hydrogen) atoms. The number of carbonyl (C=O) groups is 2. The summed E-state index contributed by atoms with van der Waals surface area (Å²) in [5, 5.41) is 6.66. The normalized spacial score (nSPS) is 12.3. The van der Waals surface area contributed by atoms with E-state index < -0.39 is 0 Å². The molecule has 1 atom stereocenters. The number of halogens is 2. The van der Waals surface area contributed by atoms with Crippen molar-refractivity contribution in [1.82, 2.24) is 10.6 Å². The highest BCUT2D eigenvalue weighted by molar-refractivity contribution is 6.32. The number of hydrogen-bond acceptors (Lipinski definition) is 2. The number of hydrogen-bond donors (Lipinski definition) is 2. The van der Waals surface area contributed by atoms with Crippen LogP contribution < -0.4 is 10.6 Å². The molecule has 0 aliphatic rings. The predicted molar refractivity (Wildman–Crippen MR) is 112 cm³/mol. The lowest BCUT2D eigenvalue weighted by Gasteiger charge is -2.12. The Morgan fingerprint density at radius 3 is 1.89 bits per heavy atom. The van der Waals surface area contributed by atoms with Gasteiger partial charge in [0, 0.05) is 34.8 Å². The maximum Gasteiger partial charge on any atom is 0.244 e. The van der Waals surface area contributed by atoms with Crippen LogP contribution in [0.15, 0.2) is 60.7 Å². The molecule has 0 radical (unpaired) electrons. The summed E-state index contributed by atoms with van der Waals surface area (Å²) in [4.78, 5) is 23.8. The van der Waals surface area contributed by atoms with Crippen LogP contribution in [0.2, 0.25) is 10.0 Å². The van der Waals surface area contributed by atoms with Crippen LogP contribution in [0.1, 0.15) is 18.1 Å². The Bertz CT molecular complexity index is 863. The maximum absolute atomic E-state index is 11.9. The minimum absolute atomic E-state index is 0.231. The Hall–Kier alpha value is -2.56. The molecule has 2 rings (SSSR count). The third-order valence-corrected chi connectivity index (χ3v) is 4.30.